The minimum atomic E-state index is 0.0880. The first-order valence-corrected chi connectivity index (χ1v) is 4.70. The Hall–Kier alpha value is -0.570. The van der Waals surface area contributed by atoms with Gasteiger partial charge in [-0.1, -0.05) is 6.92 Å². The summed E-state index contributed by atoms with van der Waals surface area (Å²) in [5, 5.41) is 2.89. The predicted octanol–water partition coefficient (Wildman–Crippen LogP) is 0.497. The number of amides is 1. The fraction of sp³-hybridized carbons (Fsp3) is 0.889. The maximum absolute atomic E-state index is 11.0. The van der Waals surface area contributed by atoms with Crippen LogP contribution in [0.25, 0.3) is 0 Å². The van der Waals surface area contributed by atoms with E-state index in [1.165, 1.54) is 12.8 Å². The molecule has 1 saturated carbocycles. The molecule has 1 unspecified atom stereocenters. The van der Waals surface area contributed by atoms with Crippen molar-refractivity contribution in [2.24, 2.45) is 17.6 Å². The highest BCUT2D eigenvalue weighted by atomic mass is 16.1. The van der Waals surface area contributed by atoms with Crippen LogP contribution in [0.5, 0.6) is 0 Å². The molecule has 12 heavy (non-hydrogen) atoms. The number of nitrogens with one attached hydrogen (secondary N) is 1. The lowest BCUT2D eigenvalue weighted by atomic mass is 10.1. The molecular formula is C9H18N2O. The standard InChI is InChI=1S/C9H18N2O/c1-7(8-2-3-8)6-11-9(12)4-5-10/h7-8H,2-6,10H2,1H3,(H,11,12). The Balaban J connectivity index is 2.03. The Labute approximate surface area is 73.7 Å². The summed E-state index contributed by atoms with van der Waals surface area (Å²) in [7, 11) is 0. The molecule has 0 aromatic heterocycles. The van der Waals surface area contributed by atoms with Crippen LogP contribution >= 0.6 is 0 Å². The van der Waals surface area contributed by atoms with Gasteiger partial charge in [0.15, 0.2) is 0 Å². The molecule has 1 aliphatic carbocycles. The molecular weight excluding hydrogens is 152 g/mol. The number of hydrogen-bond donors (Lipinski definition) is 2. The monoisotopic (exact) mass is 170 g/mol. The van der Waals surface area contributed by atoms with Crippen LogP contribution < -0.4 is 11.1 Å². The first kappa shape index (κ1) is 9.52. The van der Waals surface area contributed by atoms with Gasteiger partial charge < -0.3 is 11.1 Å². The zero-order valence-electron chi connectivity index (χ0n) is 7.68. The quantitative estimate of drug-likeness (QED) is 0.631. The molecule has 1 atom stereocenters. The smallest absolute Gasteiger partial charge is 0.221 e. The van der Waals surface area contributed by atoms with Crippen molar-refractivity contribution in [3.8, 4) is 0 Å². The summed E-state index contributed by atoms with van der Waals surface area (Å²) in [6.45, 7) is 3.47. The minimum Gasteiger partial charge on any atom is -0.356 e. The molecule has 0 radical (unpaired) electrons. The second-order valence-electron chi connectivity index (χ2n) is 3.66. The third-order valence-corrected chi connectivity index (χ3v) is 2.42. The number of nitrogens with two attached hydrogens (primary N) is 1. The first-order chi connectivity index (χ1) is 5.74. The molecule has 1 rings (SSSR count). The van der Waals surface area contributed by atoms with E-state index in [0.29, 0.717) is 18.9 Å². The van der Waals surface area contributed by atoms with E-state index in [4.69, 9.17) is 5.73 Å². The average molecular weight is 170 g/mol. The van der Waals surface area contributed by atoms with Gasteiger partial charge in [-0.15, -0.1) is 0 Å². The Morgan fingerprint density at radius 1 is 1.67 bits per heavy atom. The van der Waals surface area contributed by atoms with Crippen LogP contribution in [0.15, 0.2) is 0 Å². The number of carbonyl (C=O) groups excluding carboxylic acids is 1. The second kappa shape index (κ2) is 4.45. The summed E-state index contributed by atoms with van der Waals surface area (Å²) in [6, 6.07) is 0. The Morgan fingerprint density at radius 3 is 2.83 bits per heavy atom. The summed E-state index contributed by atoms with van der Waals surface area (Å²) in [4.78, 5) is 11.0. The summed E-state index contributed by atoms with van der Waals surface area (Å²) < 4.78 is 0. The Morgan fingerprint density at radius 2 is 2.33 bits per heavy atom. The lowest BCUT2D eigenvalue weighted by Gasteiger charge is -2.10. The van der Waals surface area contributed by atoms with E-state index in [1.807, 2.05) is 0 Å². The molecule has 1 fully saturated rings. The third-order valence-electron chi connectivity index (χ3n) is 2.42. The lowest BCUT2D eigenvalue weighted by Crippen LogP contribution is -2.30. The van der Waals surface area contributed by atoms with Crippen molar-refractivity contribution in [3.05, 3.63) is 0 Å². The van der Waals surface area contributed by atoms with Crippen LogP contribution in [0.2, 0.25) is 0 Å². The molecule has 0 bridgehead atoms. The highest BCUT2D eigenvalue weighted by Crippen LogP contribution is 2.35. The molecule has 70 valence electrons. The van der Waals surface area contributed by atoms with E-state index in [0.717, 1.165) is 12.5 Å². The van der Waals surface area contributed by atoms with Gasteiger partial charge in [-0.3, -0.25) is 4.79 Å². The topological polar surface area (TPSA) is 55.1 Å². The van der Waals surface area contributed by atoms with Crippen LogP contribution in [0.3, 0.4) is 0 Å². The maximum Gasteiger partial charge on any atom is 0.221 e. The lowest BCUT2D eigenvalue weighted by molar-refractivity contribution is -0.121. The van der Waals surface area contributed by atoms with E-state index >= 15 is 0 Å². The van der Waals surface area contributed by atoms with Crippen molar-refractivity contribution in [1.29, 1.82) is 0 Å². The maximum atomic E-state index is 11.0. The van der Waals surface area contributed by atoms with Crippen molar-refractivity contribution in [2.45, 2.75) is 26.2 Å². The van der Waals surface area contributed by atoms with Gasteiger partial charge in [0.05, 0.1) is 0 Å². The van der Waals surface area contributed by atoms with Crippen LogP contribution in [0.1, 0.15) is 26.2 Å². The normalized spacial score (nSPS) is 18.8. The van der Waals surface area contributed by atoms with Gasteiger partial charge in [0.1, 0.15) is 0 Å². The molecule has 1 amide bonds. The highest BCUT2D eigenvalue weighted by Gasteiger charge is 2.27. The summed E-state index contributed by atoms with van der Waals surface area (Å²) in [5.74, 6) is 1.60. The fourth-order valence-electron chi connectivity index (χ4n) is 1.33. The third kappa shape index (κ3) is 3.22. The molecule has 0 aromatic carbocycles. The Bertz CT molecular complexity index is 155. The summed E-state index contributed by atoms with van der Waals surface area (Å²) in [5.41, 5.74) is 5.25. The van der Waals surface area contributed by atoms with Gasteiger partial charge in [-0.2, -0.15) is 0 Å². The van der Waals surface area contributed by atoms with Crippen LogP contribution in [-0.4, -0.2) is 19.0 Å². The van der Waals surface area contributed by atoms with E-state index in [1.54, 1.807) is 0 Å². The number of rotatable bonds is 5. The zero-order valence-corrected chi connectivity index (χ0v) is 7.68. The molecule has 0 saturated heterocycles. The van der Waals surface area contributed by atoms with Crippen molar-refractivity contribution in [2.75, 3.05) is 13.1 Å². The molecule has 3 N–H and O–H groups in total. The van der Waals surface area contributed by atoms with E-state index in [-0.39, 0.29) is 5.91 Å². The van der Waals surface area contributed by atoms with Crippen LogP contribution in [-0.2, 0) is 4.79 Å². The summed E-state index contributed by atoms with van der Waals surface area (Å²) in [6.07, 6.45) is 3.14. The number of carbonyl (C=O) groups is 1. The predicted molar refractivity (Wildman–Crippen MR) is 48.6 cm³/mol. The first-order valence-electron chi connectivity index (χ1n) is 4.70. The Kier molecular flexibility index (Phi) is 3.53. The van der Waals surface area contributed by atoms with Crippen LogP contribution in [0, 0.1) is 11.8 Å². The largest absolute Gasteiger partial charge is 0.356 e. The second-order valence-corrected chi connectivity index (χ2v) is 3.66. The van der Waals surface area contributed by atoms with Gasteiger partial charge in [0, 0.05) is 19.5 Å². The molecule has 0 spiro atoms. The van der Waals surface area contributed by atoms with E-state index in [2.05, 4.69) is 12.2 Å². The van der Waals surface area contributed by atoms with E-state index in [9.17, 15) is 4.79 Å². The van der Waals surface area contributed by atoms with Gasteiger partial charge >= 0.3 is 0 Å². The van der Waals surface area contributed by atoms with Gasteiger partial charge in [-0.25, -0.2) is 0 Å². The van der Waals surface area contributed by atoms with Crippen molar-refractivity contribution >= 4 is 5.91 Å². The van der Waals surface area contributed by atoms with Gasteiger partial charge in [-0.05, 0) is 24.7 Å². The van der Waals surface area contributed by atoms with Crippen molar-refractivity contribution in [1.82, 2.24) is 5.32 Å². The summed E-state index contributed by atoms with van der Waals surface area (Å²) >= 11 is 0. The fourth-order valence-corrected chi connectivity index (χ4v) is 1.33. The number of hydrogen-bond acceptors (Lipinski definition) is 2. The zero-order chi connectivity index (χ0) is 8.97. The average Bonchev–Trinajstić information content (AvgIpc) is 2.83. The van der Waals surface area contributed by atoms with Gasteiger partial charge in [0.25, 0.3) is 0 Å². The molecule has 0 aliphatic heterocycles. The molecule has 3 nitrogen and oxygen atoms in total. The van der Waals surface area contributed by atoms with Crippen molar-refractivity contribution in [3.63, 3.8) is 0 Å². The molecule has 0 heterocycles. The van der Waals surface area contributed by atoms with Crippen molar-refractivity contribution < 1.29 is 4.79 Å². The molecule has 1 aliphatic rings. The SMILES string of the molecule is CC(CNC(=O)CCN)C1CC1. The van der Waals surface area contributed by atoms with E-state index < -0.39 is 0 Å². The van der Waals surface area contributed by atoms with Crippen LogP contribution in [0.4, 0.5) is 0 Å². The van der Waals surface area contributed by atoms with Gasteiger partial charge in [0.2, 0.25) is 5.91 Å². The molecule has 3 heteroatoms. The highest BCUT2D eigenvalue weighted by molar-refractivity contribution is 5.75. The molecule has 0 aromatic rings. The minimum absolute atomic E-state index is 0.0880.